The molecule has 0 saturated heterocycles. The lowest BCUT2D eigenvalue weighted by molar-refractivity contribution is -0.138. The molecule has 1 aliphatic carbocycles. The highest BCUT2D eigenvalue weighted by Gasteiger charge is 2.48. The maximum absolute atomic E-state index is 12.2. The number of Topliss-reactive ketones (excluding diaryl/α,β-unsaturated/α-hetero) is 1. The number of hydrogen-bond acceptors (Lipinski definition) is 3. The molecule has 2 atom stereocenters. The predicted octanol–water partition coefficient (Wildman–Crippen LogP) is 1.76. The number of benzene rings is 1. The average molecular weight is 294 g/mol. The van der Waals surface area contributed by atoms with Crippen molar-refractivity contribution in [3.8, 4) is 0 Å². The van der Waals surface area contributed by atoms with E-state index in [1.54, 1.807) is 13.1 Å². The molecule has 6 heteroatoms. The Bertz CT molecular complexity index is 655. The van der Waals surface area contributed by atoms with Gasteiger partial charge in [-0.05, 0) is 24.1 Å². The molecule has 1 heterocycles. The van der Waals surface area contributed by atoms with Gasteiger partial charge in [-0.1, -0.05) is 11.6 Å². The lowest BCUT2D eigenvalue weighted by atomic mass is 10.0. The first kappa shape index (κ1) is 13.1. The number of aliphatic carboxylic acids is 1. The van der Waals surface area contributed by atoms with E-state index in [1.807, 2.05) is 0 Å². The number of ketones is 1. The molecular weight excluding hydrogens is 282 g/mol. The van der Waals surface area contributed by atoms with Gasteiger partial charge in [0.15, 0.2) is 5.78 Å². The summed E-state index contributed by atoms with van der Waals surface area (Å²) < 4.78 is 0. The fourth-order valence-electron chi connectivity index (χ4n) is 2.69. The van der Waals surface area contributed by atoms with Crippen LogP contribution in [0.5, 0.6) is 0 Å². The molecule has 2 aliphatic rings. The van der Waals surface area contributed by atoms with E-state index < -0.39 is 17.8 Å². The molecule has 1 saturated carbocycles. The summed E-state index contributed by atoms with van der Waals surface area (Å²) in [6.07, 6.45) is 0.599. The number of carbonyl (C=O) groups is 3. The first-order valence-corrected chi connectivity index (χ1v) is 6.64. The lowest BCUT2D eigenvalue weighted by Gasteiger charge is -2.12. The number of amides is 1. The molecule has 1 amide bonds. The zero-order valence-corrected chi connectivity index (χ0v) is 11.5. The van der Waals surface area contributed by atoms with Crippen LogP contribution in [0.1, 0.15) is 22.3 Å². The minimum atomic E-state index is -0.939. The maximum atomic E-state index is 12.2. The highest BCUT2D eigenvalue weighted by Crippen LogP contribution is 2.43. The van der Waals surface area contributed by atoms with Crippen LogP contribution in [0.4, 0.5) is 5.69 Å². The van der Waals surface area contributed by atoms with Crippen molar-refractivity contribution in [2.24, 2.45) is 11.8 Å². The summed E-state index contributed by atoms with van der Waals surface area (Å²) in [5.41, 5.74) is 1.75. The molecule has 0 spiro atoms. The molecule has 1 N–H and O–H groups in total. The fraction of sp³-hybridized carbons (Fsp3) is 0.357. The molecule has 0 radical (unpaired) electrons. The van der Waals surface area contributed by atoms with Gasteiger partial charge < -0.3 is 10.0 Å². The molecule has 0 unspecified atom stereocenters. The highest BCUT2D eigenvalue weighted by molar-refractivity contribution is 6.35. The van der Waals surface area contributed by atoms with E-state index >= 15 is 0 Å². The van der Waals surface area contributed by atoms with Gasteiger partial charge in [-0.15, -0.1) is 0 Å². The smallest absolute Gasteiger partial charge is 0.307 e. The molecule has 20 heavy (non-hydrogen) atoms. The maximum Gasteiger partial charge on any atom is 0.307 e. The first-order chi connectivity index (χ1) is 9.40. The topological polar surface area (TPSA) is 74.7 Å². The van der Waals surface area contributed by atoms with Crippen molar-refractivity contribution in [3.05, 3.63) is 28.3 Å². The number of anilines is 1. The van der Waals surface area contributed by atoms with Crippen molar-refractivity contribution in [1.29, 1.82) is 0 Å². The van der Waals surface area contributed by atoms with Gasteiger partial charge in [0.25, 0.3) is 0 Å². The van der Waals surface area contributed by atoms with Crippen LogP contribution < -0.4 is 4.90 Å². The second kappa shape index (κ2) is 4.31. The number of halogens is 1. The number of nitrogens with zero attached hydrogens (tertiary/aromatic N) is 1. The van der Waals surface area contributed by atoms with Gasteiger partial charge in [0, 0.05) is 18.5 Å². The summed E-state index contributed by atoms with van der Waals surface area (Å²) in [7, 11) is 1.64. The molecule has 1 fully saturated rings. The number of carboxylic acids is 1. The van der Waals surface area contributed by atoms with Gasteiger partial charge in [0.05, 0.1) is 23.0 Å². The quantitative estimate of drug-likeness (QED) is 0.862. The van der Waals surface area contributed by atoms with Crippen molar-refractivity contribution in [2.45, 2.75) is 12.8 Å². The number of rotatable bonds is 3. The highest BCUT2D eigenvalue weighted by atomic mass is 35.5. The summed E-state index contributed by atoms with van der Waals surface area (Å²) in [5.74, 6) is -2.26. The Labute approximate surface area is 120 Å². The monoisotopic (exact) mass is 293 g/mol. The third-order valence-electron chi connectivity index (χ3n) is 3.92. The Morgan fingerprint density at radius 2 is 2.05 bits per heavy atom. The van der Waals surface area contributed by atoms with Crippen molar-refractivity contribution >= 4 is 34.9 Å². The van der Waals surface area contributed by atoms with Crippen LogP contribution in [0, 0.1) is 11.8 Å². The second-order valence-corrected chi connectivity index (χ2v) is 5.65. The zero-order chi connectivity index (χ0) is 14.6. The predicted molar refractivity (Wildman–Crippen MR) is 72.1 cm³/mol. The number of likely N-dealkylation sites (N-methyl/N-ethyl adjacent to an activating group) is 1. The largest absolute Gasteiger partial charge is 0.481 e. The first-order valence-electron chi connectivity index (χ1n) is 6.26. The molecule has 1 aromatic carbocycles. The normalized spacial score (nSPS) is 23.7. The van der Waals surface area contributed by atoms with Crippen LogP contribution in [-0.2, 0) is 16.0 Å². The third kappa shape index (κ3) is 1.89. The third-order valence-corrected chi connectivity index (χ3v) is 4.21. The Morgan fingerprint density at radius 1 is 1.35 bits per heavy atom. The summed E-state index contributed by atoms with van der Waals surface area (Å²) in [6.45, 7) is 0. The molecule has 1 aliphatic heterocycles. The minimum Gasteiger partial charge on any atom is -0.481 e. The van der Waals surface area contributed by atoms with Gasteiger partial charge in [-0.2, -0.15) is 0 Å². The lowest BCUT2D eigenvalue weighted by Crippen LogP contribution is -2.20. The van der Waals surface area contributed by atoms with Gasteiger partial charge >= 0.3 is 5.97 Å². The number of fused-ring (bicyclic) bond motifs is 1. The van der Waals surface area contributed by atoms with Crippen LogP contribution in [0.15, 0.2) is 12.1 Å². The molecule has 0 bridgehead atoms. The SMILES string of the molecule is CN1C(=O)Cc2cc(C(=O)[C@H]3C[C@@H]3C(=O)O)cc(Cl)c21. The Kier molecular flexibility index (Phi) is 2.83. The average Bonchev–Trinajstić information content (AvgIpc) is 3.11. The van der Waals surface area contributed by atoms with Crippen molar-refractivity contribution in [1.82, 2.24) is 0 Å². The van der Waals surface area contributed by atoms with Crippen molar-refractivity contribution in [3.63, 3.8) is 0 Å². The van der Waals surface area contributed by atoms with Crippen LogP contribution in [0.2, 0.25) is 5.02 Å². The van der Waals surface area contributed by atoms with Gasteiger partial charge in [0.1, 0.15) is 0 Å². The van der Waals surface area contributed by atoms with Gasteiger partial charge in [-0.25, -0.2) is 0 Å². The summed E-state index contributed by atoms with van der Waals surface area (Å²) in [6, 6.07) is 3.18. The van der Waals surface area contributed by atoms with Crippen molar-refractivity contribution < 1.29 is 19.5 Å². The summed E-state index contributed by atoms with van der Waals surface area (Å²) in [4.78, 5) is 36.2. The van der Waals surface area contributed by atoms with Crippen LogP contribution in [0.25, 0.3) is 0 Å². The van der Waals surface area contributed by atoms with E-state index in [-0.39, 0.29) is 18.1 Å². The zero-order valence-electron chi connectivity index (χ0n) is 10.7. The second-order valence-electron chi connectivity index (χ2n) is 5.25. The Hall–Kier alpha value is -1.88. The van der Waals surface area contributed by atoms with Crippen LogP contribution in [0.3, 0.4) is 0 Å². The summed E-state index contributed by atoms with van der Waals surface area (Å²) >= 11 is 6.14. The Morgan fingerprint density at radius 3 is 2.65 bits per heavy atom. The molecule has 104 valence electrons. The van der Waals surface area contributed by atoms with E-state index in [2.05, 4.69) is 0 Å². The Balaban J connectivity index is 1.92. The number of hydrogen-bond donors (Lipinski definition) is 1. The molecular formula is C14H12ClNO4. The molecule has 3 rings (SSSR count). The summed E-state index contributed by atoms with van der Waals surface area (Å²) in [5, 5.41) is 9.22. The number of carbonyl (C=O) groups excluding carboxylic acids is 2. The van der Waals surface area contributed by atoms with Crippen LogP contribution >= 0.6 is 11.6 Å². The van der Waals surface area contributed by atoms with Gasteiger partial charge in [0.2, 0.25) is 5.91 Å². The molecule has 0 aromatic heterocycles. The van der Waals surface area contributed by atoms with E-state index in [0.29, 0.717) is 22.7 Å². The molecule has 5 nitrogen and oxygen atoms in total. The van der Waals surface area contributed by atoms with E-state index in [1.165, 1.54) is 11.0 Å². The molecule has 1 aromatic rings. The van der Waals surface area contributed by atoms with Crippen molar-refractivity contribution in [2.75, 3.05) is 11.9 Å². The van der Waals surface area contributed by atoms with E-state index in [0.717, 1.165) is 5.56 Å². The van der Waals surface area contributed by atoms with Crippen LogP contribution in [-0.4, -0.2) is 29.8 Å². The minimum absolute atomic E-state index is 0.0682. The fourth-order valence-corrected chi connectivity index (χ4v) is 3.05. The van der Waals surface area contributed by atoms with Gasteiger partial charge in [-0.3, -0.25) is 14.4 Å². The standard InChI is InChI=1S/C14H12ClNO4/c1-16-11(17)4-6-2-7(3-10(15)12(6)16)13(18)8-5-9(8)14(19)20/h2-3,8-9H,4-5H2,1H3,(H,19,20)/t8-,9-/m0/s1. The number of carboxylic acid groups (broad SMARTS) is 1. The van der Waals surface area contributed by atoms with E-state index in [4.69, 9.17) is 16.7 Å². The van der Waals surface area contributed by atoms with E-state index in [9.17, 15) is 14.4 Å².